The lowest BCUT2D eigenvalue weighted by molar-refractivity contribution is -0.142. The summed E-state index contributed by atoms with van der Waals surface area (Å²) in [6.07, 6.45) is 0.740. The van der Waals surface area contributed by atoms with E-state index in [-0.39, 0.29) is 35.7 Å². The van der Waals surface area contributed by atoms with E-state index in [4.69, 9.17) is 10.5 Å². The Morgan fingerprint density at radius 3 is 2.71 bits per heavy atom. The van der Waals surface area contributed by atoms with Crippen molar-refractivity contribution in [2.75, 3.05) is 25.4 Å². The van der Waals surface area contributed by atoms with Crippen molar-refractivity contribution in [2.45, 2.75) is 52.0 Å². The molecule has 1 amide bonds. The fourth-order valence-corrected chi connectivity index (χ4v) is 3.60. The van der Waals surface area contributed by atoms with Gasteiger partial charge in [0.25, 0.3) is 5.56 Å². The number of carbonyl (C=O) groups is 1. The van der Waals surface area contributed by atoms with Gasteiger partial charge in [0, 0.05) is 25.2 Å². The van der Waals surface area contributed by atoms with Crippen molar-refractivity contribution in [1.82, 2.24) is 19.8 Å². The third kappa shape index (κ3) is 3.29. The van der Waals surface area contributed by atoms with Gasteiger partial charge in [-0.15, -0.1) is 0 Å². The second kappa shape index (κ2) is 6.52. The number of rotatable bonds is 2. The van der Waals surface area contributed by atoms with Crippen LogP contribution in [0.3, 0.4) is 0 Å². The zero-order chi connectivity index (χ0) is 17.4. The van der Waals surface area contributed by atoms with Gasteiger partial charge in [-0.3, -0.25) is 19.5 Å². The van der Waals surface area contributed by atoms with Gasteiger partial charge in [0.2, 0.25) is 11.9 Å². The molecular weight excluding hydrogens is 310 g/mol. The van der Waals surface area contributed by atoms with Crippen molar-refractivity contribution < 1.29 is 9.53 Å². The molecule has 1 aromatic rings. The smallest absolute Gasteiger partial charge is 0.255 e. The second-order valence-corrected chi connectivity index (χ2v) is 6.77. The average Bonchev–Trinajstić information content (AvgIpc) is 2.51. The van der Waals surface area contributed by atoms with Gasteiger partial charge < -0.3 is 15.4 Å². The standard InChI is InChI=1S/C16H25N5O3/c1-9-6-21(7-10(2)24-9)11(3)15(23)20-5-4-12-13(8-20)18-16(17)19-14(12)22/h9-11H,4-8H2,1-3H3,(H3,17,18,19,22)/t9-,10+,11?. The first-order valence-electron chi connectivity index (χ1n) is 8.41. The van der Waals surface area contributed by atoms with E-state index in [0.717, 1.165) is 13.1 Å². The number of anilines is 1. The molecule has 3 heterocycles. The summed E-state index contributed by atoms with van der Waals surface area (Å²) in [7, 11) is 0. The van der Waals surface area contributed by atoms with Gasteiger partial charge in [-0.1, -0.05) is 0 Å². The number of ether oxygens (including phenoxy) is 1. The zero-order valence-corrected chi connectivity index (χ0v) is 14.4. The number of fused-ring (bicyclic) bond motifs is 1. The number of carbonyl (C=O) groups excluding carboxylic acids is 1. The van der Waals surface area contributed by atoms with Crippen LogP contribution in [-0.2, 0) is 22.5 Å². The van der Waals surface area contributed by atoms with Gasteiger partial charge in [-0.2, -0.15) is 0 Å². The summed E-state index contributed by atoms with van der Waals surface area (Å²) >= 11 is 0. The number of nitrogens with two attached hydrogens (primary N) is 1. The van der Waals surface area contributed by atoms with Crippen LogP contribution in [0.25, 0.3) is 0 Å². The van der Waals surface area contributed by atoms with Crippen LogP contribution >= 0.6 is 0 Å². The van der Waals surface area contributed by atoms with Crippen molar-refractivity contribution in [3.8, 4) is 0 Å². The van der Waals surface area contributed by atoms with Crippen molar-refractivity contribution in [2.24, 2.45) is 0 Å². The molecule has 0 aromatic carbocycles. The molecule has 1 saturated heterocycles. The van der Waals surface area contributed by atoms with Gasteiger partial charge >= 0.3 is 0 Å². The third-order valence-electron chi connectivity index (χ3n) is 4.76. The molecule has 1 fully saturated rings. The summed E-state index contributed by atoms with van der Waals surface area (Å²) in [6.45, 7) is 8.33. The quantitative estimate of drug-likeness (QED) is 0.771. The molecule has 0 bridgehead atoms. The Morgan fingerprint density at radius 2 is 2.04 bits per heavy atom. The minimum atomic E-state index is -0.223. The Balaban J connectivity index is 1.72. The molecule has 0 radical (unpaired) electrons. The number of amides is 1. The lowest BCUT2D eigenvalue weighted by atomic mass is 10.0. The van der Waals surface area contributed by atoms with Gasteiger partial charge in [0.1, 0.15) is 0 Å². The molecule has 1 aromatic heterocycles. The zero-order valence-electron chi connectivity index (χ0n) is 14.4. The monoisotopic (exact) mass is 335 g/mol. The molecule has 3 rings (SSSR count). The van der Waals surface area contributed by atoms with E-state index in [9.17, 15) is 9.59 Å². The molecular formula is C16H25N5O3. The van der Waals surface area contributed by atoms with Crippen LogP contribution in [0.5, 0.6) is 0 Å². The number of aromatic amines is 1. The van der Waals surface area contributed by atoms with E-state index in [1.807, 2.05) is 20.8 Å². The number of hydrogen-bond donors (Lipinski definition) is 2. The molecule has 1 unspecified atom stereocenters. The molecule has 2 aliphatic rings. The highest BCUT2D eigenvalue weighted by atomic mass is 16.5. The fraction of sp³-hybridized carbons (Fsp3) is 0.688. The molecule has 0 aliphatic carbocycles. The van der Waals surface area contributed by atoms with Crippen LogP contribution in [0.4, 0.5) is 5.95 Å². The highest BCUT2D eigenvalue weighted by molar-refractivity contribution is 5.81. The highest BCUT2D eigenvalue weighted by Gasteiger charge is 2.33. The molecule has 8 heteroatoms. The van der Waals surface area contributed by atoms with E-state index in [2.05, 4.69) is 14.9 Å². The van der Waals surface area contributed by atoms with Gasteiger partial charge in [0.05, 0.1) is 30.5 Å². The molecule has 132 valence electrons. The molecule has 3 N–H and O–H groups in total. The Labute approximate surface area is 141 Å². The van der Waals surface area contributed by atoms with Crippen molar-refractivity contribution in [3.05, 3.63) is 21.6 Å². The van der Waals surface area contributed by atoms with Crippen molar-refractivity contribution >= 4 is 11.9 Å². The first kappa shape index (κ1) is 16.9. The maximum Gasteiger partial charge on any atom is 0.255 e. The number of hydrogen-bond acceptors (Lipinski definition) is 6. The Bertz CT molecular complexity index is 679. The van der Waals surface area contributed by atoms with Gasteiger partial charge in [0.15, 0.2) is 0 Å². The summed E-state index contributed by atoms with van der Waals surface area (Å²) in [4.78, 5) is 35.4. The third-order valence-corrected chi connectivity index (χ3v) is 4.76. The summed E-state index contributed by atoms with van der Waals surface area (Å²) in [6, 6.07) is -0.223. The summed E-state index contributed by atoms with van der Waals surface area (Å²) < 4.78 is 5.74. The first-order valence-corrected chi connectivity index (χ1v) is 8.41. The predicted molar refractivity (Wildman–Crippen MR) is 89.4 cm³/mol. The summed E-state index contributed by atoms with van der Waals surface area (Å²) in [5, 5.41) is 0. The molecule has 0 spiro atoms. The molecule has 0 saturated carbocycles. The van der Waals surface area contributed by atoms with E-state index < -0.39 is 0 Å². The maximum absolute atomic E-state index is 12.9. The molecule has 24 heavy (non-hydrogen) atoms. The van der Waals surface area contributed by atoms with Gasteiger partial charge in [-0.05, 0) is 27.2 Å². The van der Waals surface area contributed by atoms with Crippen LogP contribution in [0.15, 0.2) is 4.79 Å². The number of morpholine rings is 1. The minimum Gasteiger partial charge on any atom is -0.373 e. The molecule has 8 nitrogen and oxygen atoms in total. The van der Waals surface area contributed by atoms with Crippen LogP contribution in [0.2, 0.25) is 0 Å². The normalized spacial score (nSPS) is 26.0. The van der Waals surface area contributed by atoms with E-state index in [1.165, 1.54) is 0 Å². The Morgan fingerprint density at radius 1 is 1.38 bits per heavy atom. The Hall–Kier alpha value is -1.93. The fourth-order valence-electron chi connectivity index (χ4n) is 3.60. The van der Waals surface area contributed by atoms with E-state index in [1.54, 1.807) is 4.90 Å². The number of H-pyrrole nitrogens is 1. The number of aromatic nitrogens is 2. The predicted octanol–water partition coefficient (Wildman–Crippen LogP) is -0.265. The van der Waals surface area contributed by atoms with E-state index >= 15 is 0 Å². The van der Waals surface area contributed by atoms with Crippen LogP contribution in [0, 0.1) is 0 Å². The number of nitrogens with zero attached hydrogens (tertiary/aromatic N) is 3. The SMILES string of the molecule is CC(C(=O)N1CCc2c(nc(N)[nH]c2=O)C1)N1C[C@@H](C)O[C@@H](C)C1. The largest absolute Gasteiger partial charge is 0.373 e. The second-order valence-electron chi connectivity index (χ2n) is 6.77. The first-order chi connectivity index (χ1) is 11.3. The van der Waals surface area contributed by atoms with Crippen LogP contribution in [0.1, 0.15) is 32.0 Å². The molecule has 2 aliphatic heterocycles. The van der Waals surface area contributed by atoms with Crippen molar-refractivity contribution in [3.63, 3.8) is 0 Å². The molecule has 3 atom stereocenters. The lowest BCUT2D eigenvalue weighted by Gasteiger charge is -2.40. The van der Waals surface area contributed by atoms with E-state index in [0.29, 0.717) is 30.8 Å². The summed E-state index contributed by atoms with van der Waals surface area (Å²) in [5.41, 5.74) is 6.66. The summed E-state index contributed by atoms with van der Waals surface area (Å²) in [5.74, 6) is 0.152. The van der Waals surface area contributed by atoms with Crippen LogP contribution < -0.4 is 11.3 Å². The number of nitrogen functional groups attached to an aromatic ring is 1. The van der Waals surface area contributed by atoms with Crippen LogP contribution in [-0.4, -0.2) is 63.6 Å². The maximum atomic E-state index is 12.9. The Kier molecular flexibility index (Phi) is 4.60. The average molecular weight is 335 g/mol. The topological polar surface area (TPSA) is 105 Å². The van der Waals surface area contributed by atoms with Crippen molar-refractivity contribution in [1.29, 1.82) is 0 Å². The number of nitrogens with one attached hydrogen (secondary N) is 1. The minimum absolute atomic E-state index is 0.0580. The lowest BCUT2D eigenvalue weighted by Crippen LogP contribution is -2.55. The highest BCUT2D eigenvalue weighted by Crippen LogP contribution is 2.19. The van der Waals surface area contributed by atoms with Gasteiger partial charge in [-0.25, -0.2) is 4.98 Å².